The average Bonchev–Trinajstić information content (AvgIpc) is 3.12. The van der Waals surface area contributed by atoms with Gasteiger partial charge in [0, 0.05) is 51.5 Å². The number of hydrogen-bond acceptors (Lipinski definition) is 8. The highest BCUT2D eigenvalue weighted by Crippen LogP contribution is 2.30. The molecule has 0 spiro atoms. The Morgan fingerprint density at radius 2 is 2.16 bits per heavy atom. The molecule has 0 fully saturated rings. The fourth-order valence-electron chi connectivity index (χ4n) is 3.78. The number of hydrogen-bond donors (Lipinski definition) is 3. The van der Waals surface area contributed by atoms with E-state index in [1.54, 1.807) is 25.3 Å². The van der Waals surface area contributed by atoms with Crippen LogP contribution in [-0.4, -0.2) is 77.0 Å². The second kappa shape index (κ2) is 9.82. The number of H-pyrrole nitrogens is 1. The molecule has 10 nitrogen and oxygen atoms in total. The maximum atomic E-state index is 12.4. The third kappa shape index (κ3) is 4.75. The number of carbonyl (C=O) groups excluding carboxylic acids is 1. The number of aromatic amines is 1. The van der Waals surface area contributed by atoms with Crippen LogP contribution in [-0.2, 0) is 14.3 Å². The fraction of sp³-hybridized carbons (Fsp3) is 0.455. The molecular formula is C22H28N6O4. The topological polar surface area (TPSA) is 125 Å². The van der Waals surface area contributed by atoms with E-state index in [1.807, 2.05) is 12.2 Å². The highest BCUT2D eigenvalue weighted by molar-refractivity contribution is 6.05. The Bertz CT molecular complexity index is 1070. The van der Waals surface area contributed by atoms with Crippen LogP contribution in [0.5, 0.6) is 5.88 Å². The Morgan fingerprint density at radius 3 is 3.00 bits per heavy atom. The van der Waals surface area contributed by atoms with Crippen LogP contribution >= 0.6 is 0 Å². The van der Waals surface area contributed by atoms with E-state index < -0.39 is 0 Å². The number of anilines is 1. The molecule has 0 radical (unpaired) electrons. The van der Waals surface area contributed by atoms with Crippen LogP contribution < -0.4 is 5.32 Å². The second-order valence-corrected chi connectivity index (χ2v) is 7.79. The van der Waals surface area contributed by atoms with Gasteiger partial charge in [-0.25, -0.2) is 9.97 Å². The minimum Gasteiger partial charge on any atom is -0.498 e. The van der Waals surface area contributed by atoms with E-state index in [1.165, 1.54) is 6.33 Å². The molecule has 10 heteroatoms. The number of likely N-dealkylation sites (N-methyl/N-ethyl adjacent to an activating group) is 1. The van der Waals surface area contributed by atoms with Crippen LogP contribution in [0.4, 0.5) is 5.82 Å². The Morgan fingerprint density at radius 1 is 1.28 bits per heavy atom. The van der Waals surface area contributed by atoms with E-state index >= 15 is 0 Å². The minimum atomic E-state index is -0.244. The first-order valence-electron chi connectivity index (χ1n) is 10.7. The van der Waals surface area contributed by atoms with E-state index in [0.717, 1.165) is 24.3 Å². The van der Waals surface area contributed by atoms with Crippen molar-refractivity contribution in [1.82, 2.24) is 19.9 Å². The number of allylic oxidation sites excluding steroid dienone is 2. The van der Waals surface area contributed by atoms with Gasteiger partial charge in [-0.05, 0) is 25.0 Å². The number of ether oxygens (including phenoxy) is 2. The molecule has 2 aliphatic rings. The summed E-state index contributed by atoms with van der Waals surface area (Å²) in [6.45, 7) is 1.57. The molecule has 0 aromatic carbocycles. The first-order chi connectivity index (χ1) is 15.6. The average molecular weight is 441 g/mol. The maximum absolute atomic E-state index is 12.4. The minimum absolute atomic E-state index is 0.0358. The summed E-state index contributed by atoms with van der Waals surface area (Å²) in [5, 5.41) is 14.4. The molecule has 1 atom stereocenters. The number of rotatable bonds is 1. The summed E-state index contributed by atoms with van der Waals surface area (Å²) in [5.74, 6) is 1.36. The largest absolute Gasteiger partial charge is 0.498 e. The third-order valence-electron chi connectivity index (χ3n) is 5.62. The summed E-state index contributed by atoms with van der Waals surface area (Å²) in [5.41, 5.74) is 1.79. The number of aromatic nitrogens is 3. The van der Waals surface area contributed by atoms with Gasteiger partial charge in [0.15, 0.2) is 5.88 Å². The van der Waals surface area contributed by atoms with Crippen LogP contribution in [0.1, 0.15) is 31.2 Å². The Labute approximate surface area is 186 Å². The standard InChI is InChI=1S/C22H28N6O4/c1-28-9-8-23-20-19-15(22(30)27-21(19)26-13-25-20)12-24-14-6-7-16(31-2)17(11-14)32-10-4-3-5-18(28)29/h6-7,12-13,17,30H,3-5,8-11H2,1-2H3,(H2,23,25,26,27). The fourth-order valence-corrected chi connectivity index (χ4v) is 3.78. The molecule has 3 heterocycles. The molecule has 2 aromatic heterocycles. The Hall–Kier alpha value is -3.40. The number of methoxy groups -OCH3 is 1. The van der Waals surface area contributed by atoms with Crippen LogP contribution in [0.2, 0.25) is 0 Å². The number of aromatic hydroxyl groups is 1. The summed E-state index contributed by atoms with van der Waals surface area (Å²) >= 11 is 0. The van der Waals surface area contributed by atoms with Crippen LogP contribution in [0.25, 0.3) is 11.0 Å². The smallest absolute Gasteiger partial charge is 0.222 e. The van der Waals surface area contributed by atoms with E-state index in [0.29, 0.717) is 55.0 Å². The van der Waals surface area contributed by atoms with Gasteiger partial charge in [0.2, 0.25) is 5.91 Å². The summed E-state index contributed by atoms with van der Waals surface area (Å²) in [7, 11) is 3.41. The Kier molecular flexibility index (Phi) is 6.69. The number of amides is 1. The van der Waals surface area contributed by atoms with Crippen molar-refractivity contribution in [3.63, 3.8) is 0 Å². The van der Waals surface area contributed by atoms with E-state index in [2.05, 4.69) is 25.3 Å². The van der Waals surface area contributed by atoms with Crippen molar-refractivity contribution >= 4 is 29.0 Å². The highest BCUT2D eigenvalue weighted by Gasteiger charge is 2.22. The zero-order valence-corrected chi connectivity index (χ0v) is 18.3. The molecule has 170 valence electrons. The number of carbonyl (C=O) groups is 1. The van der Waals surface area contributed by atoms with Crippen molar-refractivity contribution in [3.05, 3.63) is 35.5 Å². The SMILES string of the molecule is COC1=CC=C2CC1OCCCCC(=O)N(C)CCNc1ncnc3[nH]c(O)c(c13)C=N2. The predicted molar refractivity (Wildman–Crippen MR) is 121 cm³/mol. The Balaban J connectivity index is 1.67. The number of fused-ring (bicyclic) bond motifs is 2. The monoisotopic (exact) mass is 440 g/mol. The van der Waals surface area contributed by atoms with Gasteiger partial charge in [-0.3, -0.25) is 9.79 Å². The zero-order valence-electron chi connectivity index (χ0n) is 18.3. The van der Waals surface area contributed by atoms with Gasteiger partial charge < -0.3 is 29.8 Å². The van der Waals surface area contributed by atoms with Crippen molar-refractivity contribution in [1.29, 1.82) is 0 Å². The van der Waals surface area contributed by atoms with E-state index in [-0.39, 0.29) is 17.9 Å². The molecule has 1 unspecified atom stereocenters. The van der Waals surface area contributed by atoms with Gasteiger partial charge >= 0.3 is 0 Å². The molecule has 2 aromatic rings. The van der Waals surface area contributed by atoms with Gasteiger partial charge in [-0.1, -0.05) is 0 Å². The number of nitrogens with one attached hydrogen (secondary N) is 2. The van der Waals surface area contributed by atoms with Gasteiger partial charge in [0.05, 0.1) is 18.1 Å². The third-order valence-corrected chi connectivity index (χ3v) is 5.62. The van der Waals surface area contributed by atoms with Gasteiger partial charge in [-0.15, -0.1) is 0 Å². The van der Waals surface area contributed by atoms with Crippen LogP contribution in [0.3, 0.4) is 0 Å². The summed E-state index contributed by atoms with van der Waals surface area (Å²) in [4.78, 5) is 30.1. The quantitative estimate of drug-likeness (QED) is 0.621. The van der Waals surface area contributed by atoms with Gasteiger partial charge in [0.25, 0.3) is 0 Å². The van der Waals surface area contributed by atoms with Crippen molar-refractivity contribution in [2.45, 2.75) is 31.8 Å². The molecule has 1 aliphatic heterocycles. The highest BCUT2D eigenvalue weighted by atomic mass is 16.5. The van der Waals surface area contributed by atoms with Crippen molar-refractivity contribution in [2.24, 2.45) is 4.99 Å². The molecular weight excluding hydrogens is 412 g/mol. The lowest BCUT2D eigenvalue weighted by molar-refractivity contribution is -0.129. The van der Waals surface area contributed by atoms with Crippen molar-refractivity contribution in [3.8, 4) is 5.88 Å². The lowest BCUT2D eigenvalue weighted by Gasteiger charge is -2.23. The van der Waals surface area contributed by atoms with Crippen molar-refractivity contribution in [2.75, 3.05) is 39.2 Å². The van der Waals surface area contributed by atoms with Gasteiger partial charge in [0.1, 0.15) is 29.7 Å². The van der Waals surface area contributed by atoms with E-state index in [4.69, 9.17) is 9.47 Å². The molecule has 1 aliphatic carbocycles. The normalized spacial score (nSPS) is 20.8. The molecule has 3 N–H and O–H groups in total. The second-order valence-electron chi connectivity index (χ2n) is 7.79. The number of aliphatic imine (C=N–C) groups is 1. The lowest BCUT2D eigenvalue weighted by atomic mass is 10.1. The summed E-state index contributed by atoms with van der Waals surface area (Å²) in [6, 6.07) is 0. The van der Waals surface area contributed by atoms with E-state index in [9.17, 15) is 9.90 Å². The molecule has 0 saturated carbocycles. The molecule has 4 rings (SSSR count). The number of nitrogens with zero attached hydrogens (tertiary/aromatic N) is 4. The lowest BCUT2D eigenvalue weighted by Crippen LogP contribution is -2.31. The van der Waals surface area contributed by atoms with Crippen LogP contribution in [0.15, 0.2) is 34.9 Å². The molecule has 32 heavy (non-hydrogen) atoms. The first kappa shape index (κ1) is 21.8. The van der Waals surface area contributed by atoms with Crippen LogP contribution in [0, 0.1) is 0 Å². The first-order valence-corrected chi connectivity index (χ1v) is 10.7. The summed E-state index contributed by atoms with van der Waals surface area (Å²) in [6.07, 6.45) is 9.07. The molecule has 1 amide bonds. The van der Waals surface area contributed by atoms with Gasteiger partial charge in [-0.2, -0.15) is 0 Å². The summed E-state index contributed by atoms with van der Waals surface area (Å²) < 4.78 is 11.5. The molecule has 2 bridgehead atoms. The zero-order chi connectivity index (χ0) is 22.5. The maximum Gasteiger partial charge on any atom is 0.222 e. The van der Waals surface area contributed by atoms with Crippen molar-refractivity contribution < 1.29 is 19.4 Å². The molecule has 0 saturated heterocycles. The predicted octanol–water partition coefficient (Wildman–Crippen LogP) is 2.34.